The topological polar surface area (TPSA) is 58.6 Å². The molecule has 0 aliphatic carbocycles. The molecule has 0 saturated carbocycles. The van der Waals surface area contributed by atoms with E-state index in [9.17, 15) is 9.18 Å². The van der Waals surface area contributed by atoms with Gasteiger partial charge in [0.05, 0.1) is 24.1 Å². The van der Waals surface area contributed by atoms with Crippen LogP contribution in [-0.4, -0.2) is 51.4 Å². The van der Waals surface area contributed by atoms with Crippen LogP contribution in [0.2, 0.25) is 0 Å². The first-order chi connectivity index (χ1) is 13.6. The van der Waals surface area contributed by atoms with Gasteiger partial charge in [0.2, 0.25) is 11.8 Å². The predicted octanol–water partition coefficient (Wildman–Crippen LogP) is 3.56. The average Bonchev–Trinajstić information content (AvgIpc) is 3.20. The molecule has 28 heavy (non-hydrogen) atoms. The van der Waals surface area contributed by atoms with Crippen LogP contribution in [0.25, 0.3) is 0 Å². The standard InChI is InChI=1S/C21H25FN4O2/c1-15(27)25-11-8-17(9-12-25)26-10-2-3-20(26)19-13-23-14-21(24-19)28-18-6-4-16(22)5-7-18/h4-7,13-14,17,20H,2-3,8-12H2,1H3/t20-/m0/s1. The highest BCUT2D eigenvalue weighted by atomic mass is 19.1. The third kappa shape index (κ3) is 4.14. The monoisotopic (exact) mass is 384 g/mol. The van der Waals surface area contributed by atoms with Crippen LogP contribution in [-0.2, 0) is 4.79 Å². The van der Waals surface area contributed by atoms with Crippen molar-refractivity contribution in [1.82, 2.24) is 19.8 Å². The SMILES string of the molecule is CC(=O)N1CCC(N2CCC[C@H]2c2cncc(Oc3ccc(F)cc3)n2)CC1. The smallest absolute Gasteiger partial charge is 0.238 e. The lowest BCUT2D eigenvalue weighted by atomic mass is 10.0. The second-order valence-corrected chi connectivity index (χ2v) is 7.47. The Bertz CT molecular complexity index is 821. The molecule has 1 amide bonds. The molecule has 2 aliphatic heterocycles. The average molecular weight is 384 g/mol. The van der Waals surface area contributed by atoms with Crippen molar-refractivity contribution in [1.29, 1.82) is 0 Å². The van der Waals surface area contributed by atoms with Gasteiger partial charge in [-0.25, -0.2) is 9.37 Å². The maximum absolute atomic E-state index is 13.1. The van der Waals surface area contributed by atoms with Crippen molar-refractivity contribution in [2.24, 2.45) is 0 Å². The Balaban J connectivity index is 1.45. The number of hydrogen-bond donors (Lipinski definition) is 0. The number of amides is 1. The molecule has 0 N–H and O–H groups in total. The van der Waals surface area contributed by atoms with Crippen molar-refractivity contribution in [3.05, 3.63) is 48.2 Å². The van der Waals surface area contributed by atoms with Crippen LogP contribution in [0, 0.1) is 5.82 Å². The van der Waals surface area contributed by atoms with Gasteiger partial charge in [-0.1, -0.05) is 0 Å². The molecule has 0 radical (unpaired) electrons. The van der Waals surface area contributed by atoms with Crippen LogP contribution in [0.5, 0.6) is 11.6 Å². The third-order valence-electron chi connectivity index (χ3n) is 5.68. The molecule has 148 valence electrons. The van der Waals surface area contributed by atoms with Crippen LogP contribution >= 0.6 is 0 Å². The molecule has 4 rings (SSSR count). The first kappa shape index (κ1) is 18.8. The van der Waals surface area contributed by atoms with Crippen LogP contribution in [0.15, 0.2) is 36.7 Å². The van der Waals surface area contributed by atoms with Gasteiger partial charge in [0.25, 0.3) is 0 Å². The summed E-state index contributed by atoms with van der Waals surface area (Å²) in [5.41, 5.74) is 0.908. The predicted molar refractivity (Wildman–Crippen MR) is 102 cm³/mol. The Morgan fingerprint density at radius 1 is 1.11 bits per heavy atom. The number of halogens is 1. The van der Waals surface area contributed by atoms with Gasteiger partial charge in [0.15, 0.2) is 0 Å². The summed E-state index contributed by atoms with van der Waals surface area (Å²) < 4.78 is 18.8. The van der Waals surface area contributed by atoms with E-state index in [4.69, 9.17) is 4.74 Å². The van der Waals surface area contributed by atoms with E-state index in [1.165, 1.54) is 12.1 Å². The number of rotatable bonds is 4. The minimum absolute atomic E-state index is 0.160. The van der Waals surface area contributed by atoms with E-state index in [1.54, 1.807) is 25.3 Å². The summed E-state index contributed by atoms with van der Waals surface area (Å²) in [6, 6.07) is 6.56. The second-order valence-electron chi connectivity index (χ2n) is 7.47. The van der Waals surface area contributed by atoms with E-state index < -0.39 is 0 Å². The van der Waals surface area contributed by atoms with Gasteiger partial charge in [0.1, 0.15) is 11.6 Å². The molecule has 2 aromatic rings. The van der Waals surface area contributed by atoms with Gasteiger partial charge in [-0.05, 0) is 56.5 Å². The molecule has 0 bridgehead atoms. The first-order valence-electron chi connectivity index (χ1n) is 9.87. The highest BCUT2D eigenvalue weighted by Crippen LogP contribution is 2.36. The quantitative estimate of drug-likeness (QED) is 0.807. The molecule has 1 atom stereocenters. The summed E-state index contributed by atoms with van der Waals surface area (Å²) in [4.78, 5) is 25.0. The van der Waals surface area contributed by atoms with E-state index in [0.717, 1.165) is 51.0 Å². The summed E-state index contributed by atoms with van der Waals surface area (Å²) in [7, 11) is 0. The van der Waals surface area contributed by atoms with Gasteiger partial charge < -0.3 is 9.64 Å². The first-order valence-corrected chi connectivity index (χ1v) is 9.87. The second kappa shape index (κ2) is 8.22. The number of carbonyl (C=O) groups is 1. The summed E-state index contributed by atoms with van der Waals surface area (Å²) in [6.07, 6.45) is 7.55. The van der Waals surface area contributed by atoms with Crippen molar-refractivity contribution in [3.8, 4) is 11.6 Å². The highest BCUT2D eigenvalue weighted by Gasteiger charge is 2.35. The maximum Gasteiger partial charge on any atom is 0.238 e. The van der Waals surface area contributed by atoms with Crippen LogP contribution < -0.4 is 4.74 Å². The van der Waals surface area contributed by atoms with E-state index in [0.29, 0.717) is 17.7 Å². The Labute approximate surface area is 164 Å². The highest BCUT2D eigenvalue weighted by molar-refractivity contribution is 5.73. The van der Waals surface area contributed by atoms with Crippen molar-refractivity contribution in [2.45, 2.75) is 44.7 Å². The number of benzene rings is 1. The van der Waals surface area contributed by atoms with Gasteiger partial charge >= 0.3 is 0 Å². The zero-order chi connectivity index (χ0) is 19.5. The lowest BCUT2D eigenvalue weighted by Gasteiger charge is -2.39. The van der Waals surface area contributed by atoms with E-state index >= 15 is 0 Å². The number of ether oxygens (including phenoxy) is 1. The van der Waals surface area contributed by atoms with Crippen molar-refractivity contribution in [2.75, 3.05) is 19.6 Å². The molecule has 6 nitrogen and oxygen atoms in total. The van der Waals surface area contributed by atoms with Crippen LogP contribution in [0.3, 0.4) is 0 Å². The molecular weight excluding hydrogens is 359 g/mol. The minimum atomic E-state index is -0.301. The Kier molecular flexibility index (Phi) is 5.52. The number of nitrogens with zero attached hydrogens (tertiary/aromatic N) is 4. The molecule has 2 fully saturated rings. The number of aromatic nitrogens is 2. The molecule has 0 unspecified atom stereocenters. The van der Waals surface area contributed by atoms with E-state index in [-0.39, 0.29) is 17.8 Å². The number of hydrogen-bond acceptors (Lipinski definition) is 5. The zero-order valence-corrected chi connectivity index (χ0v) is 16.1. The number of piperidine rings is 1. The normalized spacial score (nSPS) is 21.1. The largest absolute Gasteiger partial charge is 0.437 e. The van der Waals surface area contributed by atoms with E-state index in [1.807, 2.05) is 11.1 Å². The van der Waals surface area contributed by atoms with Gasteiger partial charge in [0, 0.05) is 26.1 Å². The Morgan fingerprint density at radius 3 is 2.57 bits per heavy atom. The van der Waals surface area contributed by atoms with Gasteiger partial charge in [-0.2, -0.15) is 0 Å². The fourth-order valence-corrected chi connectivity index (χ4v) is 4.25. The zero-order valence-electron chi connectivity index (χ0n) is 16.1. The number of likely N-dealkylation sites (tertiary alicyclic amines) is 2. The van der Waals surface area contributed by atoms with E-state index in [2.05, 4.69) is 14.9 Å². The lowest BCUT2D eigenvalue weighted by Crippen LogP contribution is -2.46. The fraction of sp³-hybridized carbons (Fsp3) is 0.476. The van der Waals surface area contributed by atoms with Crippen molar-refractivity contribution >= 4 is 5.91 Å². The summed E-state index contributed by atoms with van der Waals surface area (Å²) >= 11 is 0. The molecule has 3 heterocycles. The molecule has 1 aromatic heterocycles. The van der Waals surface area contributed by atoms with Gasteiger partial charge in [-0.3, -0.25) is 14.7 Å². The molecule has 7 heteroatoms. The summed E-state index contributed by atoms with van der Waals surface area (Å²) in [5.74, 6) is 0.813. The van der Waals surface area contributed by atoms with Crippen molar-refractivity contribution in [3.63, 3.8) is 0 Å². The Morgan fingerprint density at radius 2 is 1.86 bits per heavy atom. The molecule has 0 spiro atoms. The van der Waals surface area contributed by atoms with Crippen LogP contribution in [0.4, 0.5) is 4.39 Å². The summed E-state index contributed by atoms with van der Waals surface area (Å²) in [5, 5.41) is 0. The third-order valence-corrected chi connectivity index (χ3v) is 5.68. The minimum Gasteiger partial charge on any atom is -0.437 e. The maximum atomic E-state index is 13.1. The van der Waals surface area contributed by atoms with Crippen LogP contribution in [0.1, 0.15) is 44.3 Å². The molecule has 1 aromatic carbocycles. The molecule has 2 saturated heterocycles. The molecular formula is C21H25FN4O2. The fourth-order valence-electron chi connectivity index (χ4n) is 4.25. The van der Waals surface area contributed by atoms with Gasteiger partial charge in [-0.15, -0.1) is 0 Å². The Hall–Kier alpha value is -2.54. The lowest BCUT2D eigenvalue weighted by molar-refractivity contribution is -0.130. The molecule has 2 aliphatic rings. The van der Waals surface area contributed by atoms with Crippen molar-refractivity contribution < 1.29 is 13.9 Å². The summed E-state index contributed by atoms with van der Waals surface area (Å²) in [6.45, 7) is 4.33. The number of carbonyl (C=O) groups excluding carboxylic acids is 1.